The van der Waals surface area contributed by atoms with Crippen LogP contribution in [0.4, 0.5) is 0 Å². The lowest BCUT2D eigenvalue weighted by atomic mass is 10.1. The first-order valence-corrected chi connectivity index (χ1v) is 9.53. The first-order chi connectivity index (χ1) is 13.2. The number of hydrogen-bond acceptors (Lipinski definition) is 4. The maximum absolute atomic E-state index is 12.9. The lowest BCUT2D eigenvalue weighted by Crippen LogP contribution is -2.35. The van der Waals surface area contributed by atoms with Gasteiger partial charge in [0.15, 0.2) is 0 Å². The van der Waals surface area contributed by atoms with Crippen LogP contribution in [0, 0.1) is 0 Å². The molecule has 1 atom stereocenters. The van der Waals surface area contributed by atoms with Gasteiger partial charge in [-0.15, -0.1) is 0 Å². The SMILES string of the molecule is O=C(CCc1nc2ccccc2[nH]c1=O)N1CCCCC[C@H]1c1ccco1. The highest BCUT2D eigenvalue weighted by molar-refractivity contribution is 5.77. The zero-order valence-electron chi connectivity index (χ0n) is 15.2. The Morgan fingerprint density at radius 1 is 1.19 bits per heavy atom. The fourth-order valence-electron chi connectivity index (χ4n) is 3.79. The van der Waals surface area contributed by atoms with E-state index in [1.807, 2.05) is 41.3 Å². The minimum absolute atomic E-state index is 0.0159. The van der Waals surface area contributed by atoms with Crippen molar-refractivity contribution in [2.75, 3.05) is 6.54 Å². The van der Waals surface area contributed by atoms with E-state index in [9.17, 15) is 9.59 Å². The summed E-state index contributed by atoms with van der Waals surface area (Å²) in [4.78, 5) is 34.4. The Labute approximate surface area is 157 Å². The number of amides is 1. The third-order valence-electron chi connectivity index (χ3n) is 5.19. The molecule has 6 nitrogen and oxygen atoms in total. The highest BCUT2D eigenvalue weighted by Gasteiger charge is 2.28. The molecule has 2 aromatic heterocycles. The molecule has 3 heterocycles. The normalized spacial score (nSPS) is 17.8. The monoisotopic (exact) mass is 365 g/mol. The molecule has 3 aromatic rings. The van der Waals surface area contributed by atoms with Crippen molar-refractivity contribution in [1.29, 1.82) is 0 Å². The van der Waals surface area contributed by atoms with Crippen molar-refractivity contribution in [2.24, 2.45) is 0 Å². The number of furan rings is 1. The molecule has 0 bridgehead atoms. The molecule has 0 saturated carbocycles. The third-order valence-corrected chi connectivity index (χ3v) is 5.19. The molecule has 0 aliphatic carbocycles. The first kappa shape index (κ1) is 17.5. The molecule has 4 rings (SSSR count). The molecule has 27 heavy (non-hydrogen) atoms. The van der Waals surface area contributed by atoms with Gasteiger partial charge >= 0.3 is 0 Å². The molecule has 6 heteroatoms. The Morgan fingerprint density at radius 2 is 2.07 bits per heavy atom. The maximum Gasteiger partial charge on any atom is 0.270 e. The smallest absolute Gasteiger partial charge is 0.270 e. The van der Waals surface area contributed by atoms with E-state index in [-0.39, 0.29) is 23.9 Å². The lowest BCUT2D eigenvalue weighted by molar-refractivity contribution is -0.134. The van der Waals surface area contributed by atoms with Gasteiger partial charge in [0.1, 0.15) is 11.5 Å². The predicted octanol–water partition coefficient (Wildman–Crippen LogP) is 3.59. The summed E-state index contributed by atoms with van der Waals surface area (Å²) in [5.41, 5.74) is 1.64. The molecular formula is C21H23N3O3. The Bertz CT molecular complexity index is 978. The van der Waals surface area contributed by atoms with Crippen LogP contribution in [0.15, 0.2) is 51.9 Å². The number of H-pyrrole nitrogens is 1. The average molecular weight is 365 g/mol. The highest BCUT2D eigenvalue weighted by Crippen LogP contribution is 2.31. The van der Waals surface area contributed by atoms with Gasteiger partial charge < -0.3 is 14.3 Å². The van der Waals surface area contributed by atoms with Crippen LogP contribution in [-0.2, 0) is 11.2 Å². The standard InChI is InChI=1S/C21H23N3O3/c25-20(24-13-5-1-2-9-18(24)19-10-6-14-27-19)12-11-17-21(26)23-16-8-4-3-7-15(16)22-17/h3-4,6-8,10,14,18H,1-2,5,9,11-13H2,(H,23,26)/t18-/m0/s1. The third kappa shape index (κ3) is 3.79. The number of hydrogen-bond donors (Lipinski definition) is 1. The number of likely N-dealkylation sites (tertiary alicyclic amines) is 1. The molecule has 0 radical (unpaired) electrons. The van der Waals surface area contributed by atoms with E-state index in [4.69, 9.17) is 4.42 Å². The summed E-state index contributed by atoms with van der Waals surface area (Å²) in [6, 6.07) is 11.2. The average Bonchev–Trinajstić information content (AvgIpc) is 3.10. The molecule has 140 valence electrons. The van der Waals surface area contributed by atoms with Crippen LogP contribution >= 0.6 is 0 Å². The van der Waals surface area contributed by atoms with Crippen LogP contribution < -0.4 is 5.56 Å². The van der Waals surface area contributed by atoms with E-state index in [1.54, 1.807) is 6.26 Å². The zero-order valence-corrected chi connectivity index (χ0v) is 15.2. The summed E-state index contributed by atoms with van der Waals surface area (Å²) in [6.45, 7) is 0.728. The highest BCUT2D eigenvalue weighted by atomic mass is 16.3. The van der Waals surface area contributed by atoms with Gasteiger partial charge in [-0.3, -0.25) is 9.59 Å². The summed E-state index contributed by atoms with van der Waals surface area (Å²) in [7, 11) is 0. The second kappa shape index (κ2) is 7.78. The van der Waals surface area contributed by atoms with Crippen LogP contribution in [0.5, 0.6) is 0 Å². The fourth-order valence-corrected chi connectivity index (χ4v) is 3.79. The zero-order chi connectivity index (χ0) is 18.6. The topological polar surface area (TPSA) is 79.2 Å². The Balaban J connectivity index is 1.51. The van der Waals surface area contributed by atoms with Crippen molar-refractivity contribution < 1.29 is 9.21 Å². The van der Waals surface area contributed by atoms with Gasteiger partial charge in [-0.2, -0.15) is 0 Å². The van der Waals surface area contributed by atoms with Gasteiger partial charge in [-0.25, -0.2) is 4.98 Å². The number of rotatable bonds is 4. The van der Waals surface area contributed by atoms with Gasteiger partial charge in [0, 0.05) is 19.4 Å². The summed E-state index contributed by atoms with van der Waals surface area (Å²) < 4.78 is 5.58. The van der Waals surface area contributed by atoms with Gasteiger partial charge in [-0.1, -0.05) is 25.0 Å². The number of fused-ring (bicyclic) bond motifs is 1. The van der Waals surface area contributed by atoms with Gasteiger partial charge in [-0.05, 0) is 37.1 Å². The van der Waals surface area contributed by atoms with Crippen LogP contribution in [0.25, 0.3) is 11.0 Å². The Morgan fingerprint density at radius 3 is 2.93 bits per heavy atom. The number of aromatic nitrogens is 2. The molecule has 1 aromatic carbocycles. The van der Waals surface area contributed by atoms with E-state index in [0.29, 0.717) is 17.6 Å². The first-order valence-electron chi connectivity index (χ1n) is 9.53. The number of benzene rings is 1. The maximum atomic E-state index is 12.9. The number of aryl methyl sites for hydroxylation is 1. The van der Waals surface area contributed by atoms with Crippen molar-refractivity contribution in [1.82, 2.24) is 14.9 Å². The summed E-state index contributed by atoms with van der Waals surface area (Å²) in [5.74, 6) is 0.889. The molecule has 1 saturated heterocycles. The largest absolute Gasteiger partial charge is 0.467 e. The lowest BCUT2D eigenvalue weighted by Gasteiger charge is -2.28. The number of aromatic amines is 1. The van der Waals surface area contributed by atoms with Crippen LogP contribution in [-0.4, -0.2) is 27.3 Å². The van der Waals surface area contributed by atoms with Gasteiger partial charge in [0.25, 0.3) is 5.56 Å². The van der Waals surface area contributed by atoms with E-state index in [0.717, 1.165) is 43.5 Å². The molecule has 1 N–H and O–H groups in total. The van der Waals surface area contributed by atoms with Crippen molar-refractivity contribution in [3.63, 3.8) is 0 Å². The Kier molecular flexibility index (Phi) is 5.05. The van der Waals surface area contributed by atoms with Crippen LogP contribution in [0.1, 0.15) is 49.6 Å². The Hall–Kier alpha value is -2.89. The molecule has 1 aliphatic heterocycles. The van der Waals surface area contributed by atoms with Gasteiger partial charge in [0.2, 0.25) is 5.91 Å². The van der Waals surface area contributed by atoms with E-state index in [2.05, 4.69) is 9.97 Å². The van der Waals surface area contributed by atoms with Crippen molar-refractivity contribution >= 4 is 16.9 Å². The molecule has 0 spiro atoms. The second-order valence-corrected chi connectivity index (χ2v) is 7.00. The summed E-state index contributed by atoms with van der Waals surface area (Å²) in [6.07, 6.45) is 6.37. The fraction of sp³-hybridized carbons (Fsp3) is 0.381. The minimum atomic E-state index is -0.222. The molecule has 1 aliphatic rings. The minimum Gasteiger partial charge on any atom is -0.467 e. The van der Waals surface area contributed by atoms with E-state index >= 15 is 0 Å². The molecule has 1 fully saturated rings. The molecular weight excluding hydrogens is 342 g/mol. The van der Waals surface area contributed by atoms with Crippen molar-refractivity contribution in [3.8, 4) is 0 Å². The van der Waals surface area contributed by atoms with Crippen molar-refractivity contribution in [2.45, 2.75) is 44.6 Å². The van der Waals surface area contributed by atoms with E-state index < -0.39 is 0 Å². The number of carbonyl (C=O) groups excluding carboxylic acids is 1. The molecule has 1 amide bonds. The number of nitrogens with zero attached hydrogens (tertiary/aromatic N) is 2. The quantitative estimate of drug-likeness (QED) is 0.766. The number of para-hydroxylation sites is 2. The van der Waals surface area contributed by atoms with Crippen LogP contribution in [0.3, 0.4) is 0 Å². The predicted molar refractivity (Wildman–Crippen MR) is 102 cm³/mol. The summed E-state index contributed by atoms with van der Waals surface area (Å²) >= 11 is 0. The number of carbonyl (C=O) groups is 1. The number of nitrogens with one attached hydrogen (secondary N) is 1. The molecule has 0 unspecified atom stereocenters. The summed E-state index contributed by atoms with van der Waals surface area (Å²) in [5, 5.41) is 0. The van der Waals surface area contributed by atoms with Crippen LogP contribution in [0.2, 0.25) is 0 Å². The van der Waals surface area contributed by atoms with Gasteiger partial charge in [0.05, 0.1) is 23.3 Å². The van der Waals surface area contributed by atoms with Crippen molar-refractivity contribution in [3.05, 3.63) is 64.5 Å². The van der Waals surface area contributed by atoms with E-state index in [1.165, 1.54) is 0 Å². The second-order valence-electron chi connectivity index (χ2n) is 7.00.